The Bertz CT molecular complexity index is 1730. The van der Waals surface area contributed by atoms with Crippen molar-refractivity contribution in [1.82, 2.24) is 14.5 Å². The van der Waals surface area contributed by atoms with Gasteiger partial charge < -0.3 is 15.0 Å². The zero-order chi connectivity index (χ0) is 25.6. The summed E-state index contributed by atoms with van der Waals surface area (Å²) in [6.45, 7) is 0. The van der Waals surface area contributed by atoms with Gasteiger partial charge in [-0.2, -0.15) is 4.37 Å². The van der Waals surface area contributed by atoms with Crippen molar-refractivity contribution in [3.63, 3.8) is 0 Å². The van der Waals surface area contributed by atoms with Crippen molar-refractivity contribution < 1.29 is 26.5 Å². The summed E-state index contributed by atoms with van der Waals surface area (Å²) < 4.78 is 71.8. The first-order valence-corrected chi connectivity index (χ1v) is 13.2. The van der Waals surface area contributed by atoms with Gasteiger partial charge >= 0.3 is 0 Å². The van der Waals surface area contributed by atoms with Gasteiger partial charge in [-0.25, -0.2) is 22.2 Å². The molecule has 36 heavy (non-hydrogen) atoms. The first kappa shape index (κ1) is 24.4. The fourth-order valence-electron chi connectivity index (χ4n) is 3.30. The number of benzene rings is 3. The molecule has 0 aliphatic heterocycles. The number of nitrogens with one attached hydrogen (secondary N) is 1. The van der Waals surface area contributed by atoms with Gasteiger partial charge in [0, 0.05) is 34.3 Å². The molecule has 0 bridgehead atoms. The zero-order valence-corrected chi connectivity index (χ0v) is 21.5. The lowest BCUT2D eigenvalue weighted by molar-refractivity contribution is 0.431. The molecule has 5 aromatic rings. The fraction of sp³-hybridized carbons (Fsp3) is 0. The van der Waals surface area contributed by atoms with E-state index in [0.717, 1.165) is 17.9 Å². The zero-order valence-electron chi connectivity index (χ0n) is 17.5. The van der Waals surface area contributed by atoms with E-state index >= 15 is 4.39 Å². The fourth-order valence-corrected chi connectivity index (χ4v) is 5.92. The molecule has 0 radical (unpaired) electrons. The Hall–Kier alpha value is -3.33. The van der Waals surface area contributed by atoms with Crippen molar-refractivity contribution in [2.24, 2.45) is 0 Å². The standard InChI is InChI=1S/C21H11BrClF2N5O4S2/c22-13-5-10(23)4-11(9-1-2-16-12(3-9)20(26)29-34-16)19(13)33-17-6-15(25)18(7-14(17)24)36(31,32)30-21-27-8-28-35-21/h1-8H,(H2,26,29)(H,27,28,30). The number of ether oxygens (including phenoxy) is 1. The van der Waals surface area contributed by atoms with E-state index in [4.69, 9.17) is 26.6 Å². The minimum absolute atomic E-state index is 0.0923. The largest absolute Gasteiger partial charge is 0.452 e. The van der Waals surface area contributed by atoms with Crippen LogP contribution in [0.3, 0.4) is 0 Å². The topological polar surface area (TPSA) is 133 Å². The molecule has 0 amide bonds. The van der Waals surface area contributed by atoms with E-state index in [1.54, 1.807) is 24.3 Å². The number of aromatic nitrogens is 3. The van der Waals surface area contributed by atoms with E-state index < -0.39 is 32.3 Å². The molecule has 3 aromatic carbocycles. The molecule has 0 aliphatic rings. The third kappa shape index (κ3) is 4.59. The minimum Gasteiger partial charge on any atom is -0.452 e. The number of nitrogen functional groups attached to an aromatic ring is 1. The van der Waals surface area contributed by atoms with Gasteiger partial charge in [-0.05, 0) is 45.8 Å². The Kier molecular flexibility index (Phi) is 6.28. The average Bonchev–Trinajstić information content (AvgIpc) is 3.46. The second-order valence-electron chi connectivity index (χ2n) is 7.21. The van der Waals surface area contributed by atoms with Crippen LogP contribution in [0.5, 0.6) is 11.5 Å². The number of halogens is 4. The summed E-state index contributed by atoms with van der Waals surface area (Å²) in [5, 5.41) is 4.47. The van der Waals surface area contributed by atoms with Crippen LogP contribution in [0, 0.1) is 11.6 Å². The monoisotopic (exact) mass is 613 g/mol. The molecule has 0 saturated heterocycles. The predicted octanol–water partition coefficient (Wildman–Crippen LogP) is 6.22. The van der Waals surface area contributed by atoms with E-state index in [2.05, 4.69) is 30.4 Å². The lowest BCUT2D eigenvalue weighted by Crippen LogP contribution is -2.15. The molecule has 0 fully saturated rings. The summed E-state index contributed by atoms with van der Waals surface area (Å²) in [5.74, 6) is -2.66. The summed E-state index contributed by atoms with van der Waals surface area (Å²) in [4.78, 5) is 2.75. The lowest BCUT2D eigenvalue weighted by Gasteiger charge is -2.16. The van der Waals surface area contributed by atoms with Gasteiger partial charge in [-0.15, -0.1) is 0 Å². The Labute approximate surface area is 219 Å². The average molecular weight is 615 g/mol. The Balaban J connectivity index is 1.56. The van der Waals surface area contributed by atoms with Crippen LogP contribution in [-0.2, 0) is 10.0 Å². The molecule has 0 aliphatic carbocycles. The summed E-state index contributed by atoms with van der Waals surface area (Å²) in [5.41, 5.74) is 7.28. The quantitative estimate of drug-likeness (QED) is 0.230. The first-order valence-electron chi connectivity index (χ1n) is 9.73. The van der Waals surface area contributed by atoms with E-state index in [9.17, 15) is 12.8 Å². The number of anilines is 2. The number of rotatable bonds is 6. The smallest absolute Gasteiger partial charge is 0.266 e. The van der Waals surface area contributed by atoms with Crippen LogP contribution in [0.4, 0.5) is 19.7 Å². The third-order valence-electron chi connectivity index (χ3n) is 4.89. The maximum absolute atomic E-state index is 15.0. The lowest BCUT2D eigenvalue weighted by atomic mass is 10.0. The van der Waals surface area contributed by atoms with Gasteiger partial charge in [0.2, 0.25) is 5.13 Å². The van der Waals surface area contributed by atoms with Crippen LogP contribution in [0.25, 0.3) is 22.1 Å². The molecule has 0 spiro atoms. The number of nitrogens with two attached hydrogens (primary N) is 1. The third-order valence-corrected chi connectivity index (χ3v) is 7.76. The number of sulfonamides is 1. The Morgan fingerprint density at radius 1 is 1.14 bits per heavy atom. The highest BCUT2D eigenvalue weighted by Crippen LogP contribution is 2.43. The van der Waals surface area contributed by atoms with Crippen molar-refractivity contribution in [2.75, 3.05) is 10.5 Å². The maximum atomic E-state index is 15.0. The van der Waals surface area contributed by atoms with Crippen molar-refractivity contribution in [3.8, 4) is 22.6 Å². The molecular weight excluding hydrogens is 604 g/mol. The van der Waals surface area contributed by atoms with Gasteiger partial charge in [0.05, 0.1) is 9.86 Å². The van der Waals surface area contributed by atoms with Gasteiger partial charge in [0.25, 0.3) is 10.0 Å². The minimum atomic E-state index is -4.48. The maximum Gasteiger partial charge on any atom is 0.266 e. The summed E-state index contributed by atoms with van der Waals surface area (Å²) in [6, 6.07) is 9.22. The van der Waals surface area contributed by atoms with Gasteiger partial charge in [-0.3, -0.25) is 4.72 Å². The Morgan fingerprint density at radius 2 is 1.94 bits per heavy atom. The predicted molar refractivity (Wildman–Crippen MR) is 134 cm³/mol. The number of hydrogen-bond donors (Lipinski definition) is 2. The normalized spacial score (nSPS) is 11.7. The summed E-state index contributed by atoms with van der Waals surface area (Å²) >= 11 is 10.3. The number of fused-ring (bicyclic) bond motifs is 1. The second kappa shape index (κ2) is 9.28. The Morgan fingerprint density at radius 3 is 2.69 bits per heavy atom. The SMILES string of the molecule is Nc1noc2ccc(-c3cc(Cl)cc(Br)c3Oc3cc(F)c(S(=O)(=O)Nc4ncns4)cc3F)cc12. The molecule has 184 valence electrons. The van der Waals surface area contributed by atoms with E-state index in [0.29, 0.717) is 43.7 Å². The number of nitrogens with zero attached hydrogens (tertiary/aromatic N) is 3. The molecule has 5 rings (SSSR count). The van der Waals surface area contributed by atoms with Crippen molar-refractivity contribution in [2.45, 2.75) is 4.90 Å². The molecular formula is C21H11BrClF2N5O4S2. The van der Waals surface area contributed by atoms with E-state index in [1.807, 2.05) is 4.72 Å². The summed E-state index contributed by atoms with van der Waals surface area (Å²) in [6.07, 6.45) is 1.12. The van der Waals surface area contributed by atoms with Gasteiger partial charge in [0.15, 0.2) is 23.0 Å². The van der Waals surface area contributed by atoms with Crippen LogP contribution >= 0.6 is 39.1 Å². The number of hydrogen-bond acceptors (Lipinski definition) is 9. The molecule has 2 aromatic heterocycles. The second-order valence-corrected chi connectivity index (χ2v) is 10.9. The van der Waals surface area contributed by atoms with E-state index in [-0.39, 0.29) is 16.7 Å². The van der Waals surface area contributed by atoms with Crippen molar-refractivity contribution in [1.29, 1.82) is 0 Å². The molecule has 0 saturated carbocycles. The molecule has 3 N–H and O–H groups in total. The molecule has 9 nitrogen and oxygen atoms in total. The van der Waals surface area contributed by atoms with Crippen LogP contribution < -0.4 is 15.2 Å². The van der Waals surface area contributed by atoms with Crippen LogP contribution in [0.1, 0.15) is 0 Å². The molecule has 2 heterocycles. The van der Waals surface area contributed by atoms with Crippen LogP contribution in [-0.4, -0.2) is 22.9 Å². The van der Waals surface area contributed by atoms with Gasteiger partial charge in [-0.1, -0.05) is 22.8 Å². The van der Waals surface area contributed by atoms with Crippen molar-refractivity contribution >= 4 is 71.0 Å². The van der Waals surface area contributed by atoms with Crippen LogP contribution in [0.15, 0.2) is 62.7 Å². The molecule has 15 heteroatoms. The highest BCUT2D eigenvalue weighted by Gasteiger charge is 2.25. The van der Waals surface area contributed by atoms with Gasteiger partial charge in [0.1, 0.15) is 22.8 Å². The molecule has 0 unspecified atom stereocenters. The highest BCUT2D eigenvalue weighted by molar-refractivity contribution is 9.10. The molecule has 0 atom stereocenters. The van der Waals surface area contributed by atoms with Crippen molar-refractivity contribution in [3.05, 3.63) is 69.9 Å². The van der Waals surface area contributed by atoms with Crippen LogP contribution in [0.2, 0.25) is 5.02 Å². The highest BCUT2D eigenvalue weighted by atomic mass is 79.9. The summed E-state index contributed by atoms with van der Waals surface area (Å²) in [7, 11) is -4.48. The first-order chi connectivity index (χ1) is 17.1. The van der Waals surface area contributed by atoms with E-state index in [1.165, 1.54) is 6.07 Å².